The summed E-state index contributed by atoms with van der Waals surface area (Å²) < 4.78 is 8.97. The predicted molar refractivity (Wildman–Crippen MR) is 110 cm³/mol. The fraction of sp³-hybridized carbons (Fsp3) is 0.500. The zero-order valence-electron chi connectivity index (χ0n) is 15.2. The van der Waals surface area contributed by atoms with E-state index in [9.17, 15) is 4.79 Å². The Balaban J connectivity index is 1.71. The van der Waals surface area contributed by atoms with E-state index in [1.165, 1.54) is 0 Å². The molecule has 1 saturated carbocycles. The average Bonchev–Trinajstić information content (AvgIpc) is 3.22. The molecule has 1 unspecified atom stereocenters. The molecule has 0 N–H and O–H groups in total. The predicted octanol–water partition coefficient (Wildman–Crippen LogP) is 5.20. The zero-order chi connectivity index (χ0) is 18.7. The second kappa shape index (κ2) is 6.23. The topological polar surface area (TPSA) is 44.1 Å². The van der Waals surface area contributed by atoms with E-state index in [2.05, 4.69) is 27.3 Å². The van der Waals surface area contributed by atoms with Crippen LogP contribution < -0.4 is 0 Å². The molecule has 1 aliphatic carbocycles. The highest BCUT2D eigenvalue weighted by atomic mass is 127. The summed E-state index contributed by atoms with van der Waals surface area (Å²) in [6, 6.07) is 7.80. The molecule has 0 saturated heterocycles. The standard InChI is InChI=1S/C20H22ClIN2O2/c1-19(2,3)26-18(25)13-10-15-16(22)17(12-5-4-6-14(21)9-12)23-24(15)20(11-13)7-8-20/h4-6,9,13H,7-8,10-11H2,1-3H3. The third kappa shape index (κ3) is 3.28. The number of nitrogens with zero attached hydrogens (tertiary/aromatic N) is 2. The van der Waals surface area contributed by atoms with Crippen LogP contribution in [0.25, 0.3) is 11.3 Å². The molecular weight excluding hydrogens is 463 g/mol. The molecule has 1 fully saturated rings. The first-order valence-electron chi connectivity index (χ1n) is 8.95. The molecule has 4 rings (SSSR count). The summed E-state index contributed by atoms with van der Waals surface area (Å²) in [6.07, 6.45) is 3.66. The van der Waals surface area contributed by atoms with E-state index in [1.54, 1.807) is 0 Å². The number of hydrogen-bond donors (Lipinski definition) is 0. The van der Waals surface area contributed by atoms with Crippen LogP contribution in [0.2, 0.25) is 5.02 Å². The van der Waals surface area contributed by atoms with Crippen molar-refractivity contribution in [1.82, 2.24) is 9.78 Å². The molecule has 1 atom stereocenters. The smallest absolute Gasteiger partial charge is 0.309 e. The van der Waals surface area contributed by atoms with Crippen molar-refractivity contribution in [2.45, 2.75) is 57.6 Å². The Morgan fingerprint density at radius 1 is 1.38 bits per heavy atom. The fourth-order valence-corrected chi connectivity index (χ4v) is 4.84. The maximum atomic E-state index is 12.7. The molecule has 26 heavy (non-hydrogen) atoms. The number of ether oxygens (including phenoxy) is 1. The molecule has 2 heterocycles. The fourth-order valence-electron chi connectivity index (χ4n) is 3.79. The molecule has 1 aliphatic heterocycles. The maximum absolute atomic E-state index is 12.7. The van der Waals surface area contributed by atoms with Gasteiger partial charge in [0.15, 0.2) is 0 Å². The van der Waals surface area contributed by atoms with Gasteiger partial charge in [0.2, 0.25) is 0 Å². The first kappa shape index (κ1) is 18.3. The molecule has 4 nitrogen and oxygen atoms in total. The summed E-state index contributed by atoms with van der Waals surface area (Å²) in [7, 11) is 0. The highest BCUT2D eigenvalue weighted by molar-refractivity contribution is 14.1. The van der Waals surface area contributed by atoms with Gasteiger partial charge in [0, 0.05) is 17.0 Å². The Morgan fingerprint density at radius 3 is 2.73 bits per heavy atom. The van der Waals surface area contributed by atoms with Crippen LogP contribution in [-0.2, 0) is 21.5 Å². The van der Waals surface area contributed by atoms with E-state index in [1.807, 2.05) is 45.0 Å². The SMILES string of the molecule is CC(C)(C)OC(=O)C1Cc2c(I)c(-c3cccc(Cl)c3)nn2C2(CC2)C1. The molecule has 1 aromatic carbocycles. The van der Waals surface area contributed by atoms with Crippen LogP contribution in [0.3, 0.4) is 0 Å². The van der Waals surface area contributed by atoms with Gasteiger partial charge < -0.3 is 4.74 Å². The third-order valence-electron chi connectivity index (χ3n) is 5.10. The zero-order valence-corrected chi connectivity index (χ0v) is 18.1. The van der Waals surface area contributed by atoms with Crippen molar-refractivity contribution < 1.29 is 9.53 Å². The van der Waals surface area contributed by atoms with Gasteiger partial charge in [-0.15, -0.1) is 0 Å². The molecular formula is C20H22ClIN2O2. The summed E-state index contributed by atoms with van der Waals surface area (Å²) in [6.45, 7) is 5.77. The molecule has 0 bridgehead atoms. The van der Waals surface area contributed by atoms with Crippen molar-refractivity contribution in [1.29, 1.82) is 0 Å². The van der Waals surface area contributed by atoms with Crippen molar-refractivity contribution in [2.75, 3.05) is 0 Å². The van der Waals surface area contributed by atoms with E-state index >= 15 is 0 Å². The lowest BCUT2D eigenvalue weighted by atomic mass is 9.89. The van der Waals surface area contributed by atoms with Gasteiger partial charge in [0.25, 0.3) is 0 Å². The van der Waals surface area contributed by atoms with Gasteiger partial charge in [-0.25, -0.2) is 0 Å². The first-order chi connectivity index (χ1) is 12.2. The number of carbonyl (C=O) groups excluding carboxylic acids is 1. The maximum Gasteiger partial charge on any atom is 0.309 e. The van der Waals surface area contributed by atoms with Crippen LogP contribution in [0.4, 0.5) is 0 Å². The average molecular weight is 485 g/mol. The molecule has 1 aromatic heterocycles. The van der Waals surface area contributed by atoms with Crippen molar-refractivity contribution in [3.8, 4) is 11.3 Å². The molecule has 6 heteroatoms. The van der Waals surface area contributed by atoms with Crippen LogP contribution in [0.1, 0.15) is 45.7 Å². The van der Waals surface area contributed by atoms with E-state index in [0.29, 0.717) is 11.4 Å². The Morgan fingerprint density at radius 2 is 2.12 bits per heavy atom. The Bertz CT molecular complexity index is 880. The van der Waals surface area contributed by atoms with Gasteiger partial charge in [-0.3, -0.25) is 9.48 Å². The summed E-state index contributed by atoms with van der Waals surface area (Å²) in [5.74, 6) is -0.182. The highest BCUT2D eigenvalue weighted by Gasteiger charge is 2.53. The lowest BCUT2D eigenvalue weighted by molar-refractivity contribution is -0.161. The number of fused-ring (bicyclic) bond motifs is 2. The molecule has 2 aliphatic rings. The minimum absolute atomic E-state index is 0.00803. The Kier molecular flexibility index (Phi) is 4.38. The molecule has 0 amide bonds. The monoisotopic (exact) mass is 484 g/mol. The summed E-state index contributed by atoms with van der Waals surface area (Å²) >= 11 is 8.53. The van der Waals surface area contributed by atoms with E-state index < -0.39 is 5.60 Å². The lowest BCUT2D eigenvalue weighted by Gasteiger charge is -2.32. The number of halogens is 2. The van der Waals surface area contributed by atoms with Crippen molar-refractivity contribution >= 4 is 40.2 Å². The second-order valence-electron chi connectivity index (χ2n) is 8.39. The number of esters is 1. The molecule has 0 radical (unpaired) electrons. The molecule has 138 valence electrons. The largest absolute Gasteiger partial charge is 0.460 e. The Labute approximate surface area is 172 Å². The van der Waals surface area contributed by atoms with E-state index in [4.69, 9.17) is 21.4 Å². The van der Waals surface area contributed by atoms with E-state index in [0.717, 1.165) is 39.8 Å². The minimum atomic E-state index is -0.454. The van der Waals surface area contributed by atoms with Crippen LogP contribution in [0, 0.1) is 9.49 Å². The number of benzene rings is 1. The number of hydrogen-bond acceptors (Lipinski definition) is 3. The summed E-state index contributed by atoms with van der Waals surface area (Å²) in [5.41, 5.74) is 2.67. The van der Waals surface area contributed by atoms with Crippen molar-refractivity contribution in [2.24, 2.45) is 5.92 Å². The van der Waals surface area contributed by atoms with Gasteiger partial charge in [0.05, 0.1) is 20.7 Å². The van der Waals surface area contributed by atoms with Crippen molar-refractivity contribution in [3.05, 3.63) is 38.6 Å². The van der Waals surface area contributed by atoms with Gasteiger partial charge in [-0.05, 0) is 74.8 Å². The molecule has 2 aromatic rings. The minimum Gasteiger partial charge on any atom is -0.460 e. The summed E-state index contributed by atoms with van der Waals surface area (Å²) in [5, 5.41) is 5.65. The van der Waals surface area contributed by atoms with Crippen LogP contribution >= 0.6 is 34.2 Å². The van der Waals surface area contributed by atoms with Crippen LogP contribution in [0.15, 0.2) is 24.3 Å². The number of aromatic nitrogens is 2. The second-order valence-corrected chi connectivity index (χ2v) is 9.91. The quantitative estimate of drug-likeness (QED) is 0.435. The van der Waals surface area contributed by atoms with E-state index in [-0.39, 0.29) is 17.4 Å². The van der Waals surface area contributed by atoms with Gasteiger partial charge in [-0.2, -0.15) is 5.10 Å². The normalized spacial score (nSPS) is 20.7. The third-order valence-corrected chi connectivity index (χ3v) is 6.47. The van der Waals surface area contributed by atoms with Crippen LogP contribution in [0.5, 0.6) is 0 Å². The van der Waals surface area contributed by atoms with Crippen molar-refractivity contribution in [3.63, 3.8) is 0 Å². The highest BCUT2D eigenvalue weighted by Crippen LogP contribution is 2.53. The Hall–Kier alpha value is -1.08. The number of rotatable bonds is 2. The van der Waals surface area contributed by atoms with Gasteiger partial charge in [0.1, 0.15) is 11.3 Å². The van der Waals surface area contributed by atoms with Crippen LogP contribution in [-0.4, -0.2) is 21.4 Å². The number of carbonyl (C=O) groups is 1. The summed E-state index contributed by atoms with van der Waals surface area (Å²) in [4.78, 5) is 12.7. The lowest BCUT2D eigenvalue weighted by Crippen LogP contribution is -2.38. The first-order valence-corrected chi connectivity index (χ1v) is 10.4. The van der Waals surface area contributed by atoms with Gasteiger partial charge >= 0.3 is 5.97 Å². The molecule has 1 spiro atoms. The van der Waals surface area contributed by atoms with Gasteiger partial charge in [-0.1, -0.05) is 23.7 Å².